The Labute approximate surface area is 191 Å². The van der Waals surface area contributed by atoms with E-state index < -0.39 is 32.6 Å². The van der Waals surface area contributed by atoms with E-state index in [9.17, 15) is 31.2 Å². The molecule has 0 saturated heterocycles. The summed E-state index contributed by atoms with van der Waals surface area (Å²) in [5.74, 6) is -0.543. The summed E-state index contributed by atoms with van der Waals surface area (Å²) < 4.78 is 73.5. The molecule has 34 heavy (non-hydrogen) atoms. The third-order valence-electron chi connectivity index (χ3n) is 5.00. The number of alkyl halides is 3. The molecule has 1 aromatic carbocycles. The molecule has 0 spiro atoms. The number of rotatable bonds is 7. The molecular formula is C20H21F3N4O6S. The largest absolute Gasteiger partial charge is 0.534 e. The van der Waals surface area contributed by atoms with Gasteiger partial charge in [0.1, 0.15) is 5.82 Å². The molecule has 14 heteroatoms. The van der Waals surface area contributed by atoms with Crippen LogP contribution in [0, 0.1) is 0 Å². The van der Waals surface area contributed by atoms with Crippen LogP contribution in [-0.4, -0.2) is 39.7 Å². The van der Waals surface area contributed by atoms with Crippen LogP contribution in [0.5, 0.6) is 11.5 Å². The average Bonchev–Trinajstić information content (AvgIpc) is 3.08. The van der Waals surface area contributed by atoms with Crippen LogP contribution in [0.3, 0.4) is 0 Å². The van der Waals surface area contributed by atoms with Gasteiger partial charge < -0.3 is 13.5 Å². The number of aromatic nitrogens is 4. The van der Waals surface area contributed by atoms with Crippen LogP contribution in [0.4, 0.5) is 13.2 Å². The van der Waals surface area contributed by atoms with Gasteiger partial charge in [-0.1, -0.05) is 12.1 Å². The summed E-state index contributed by atoms with van der Waals surface area (Å²) >= 11 is 0. The van der Waals surface area contributed by atoms with Gasteiger partial charge in [0.15, 0.2) is 22.7 Å². The number of ether oxygens (including phenoxy) is 1. The highest BCUT2D eigenvalue weighted by atomic mass is 32.2. The highest BCUT2D eigenvalue weighted by Gasteiger charge is 2.48. The van der Waals surface area contributed by atoms with Crippen LogP contribution in [0.15, 0.2) is 27.8 Å². The molecule has 10 nitrogen and oxygen atoms in total. The zero-order valence-corrected chi connectivity index (χ0v) is 19.4. The molecule has 0 aliphatic rings. The van der Waals surface area contributed by atoms with Crippen molar-refractivity contribution in [3.8, 4) is 11.5 Å². The lowest BCUT2D eigenvalue weighted by atomic mass is 10.2. The lowest BCUT2D eigenvalue weighted by Crippen LogP contribution is -2.39. The molecule has 0 saturated carbocycles. The standard InChI is InChI=1S/C20H21F3N4O6S/c1-5-26-17-16(18(28)27(6-2)19(26)29)25(3)15(24-17)10-8-12-7-9-13(14(11-12)32-4)33-34(30,31)20(21,22)23/h7-11H,5-6H2,1-4H3. The van der Waals surface area contributed by atoms with E-state index in [1.807, 2.05) is 0 Å². The highest BCUT2D eigenvalue weighted by Crippen LogP contribution is 2.34. The number of fused-ring (bicyclic) bond motifs is 1. The van der Waals surface area contributed by atoms with Gasteiger partial charge in [-0.2, -0.15) is 21.6 Å². The monoisotopic (exact) mass is 502 g/mol. The van der Waals surface area contributed by atoms with Crippen molar-refractivity contribution in [3.63, 3.8) is 0 Å². The van der Waals surface area contributed by atoms with Crippen molar-refractivity contribution >= 4 is 33.4 Å². The molecule has 0 N–H and O–H groups in total. The molecule has 0 unspecified atom stereocenters. The summed E-state index contributed by atoms with van der Waals surface area (Å²) in [7, 11) is -3.11. The van der Waals surface area contributed by atoms with Crippen molar-refractivity contribution in [2.45, 2.75) is 32.4 Å². The summed E-state index contributed by atoms with van der Waals surface area (Å²) in [5, 5.41) is 0. The van der Waals surface area contributed by atoms with Gasteiger partial charge in [-0.3, -0.25) is 13.9 Å². The Hall–Kier alpha value is -3.55. The first-order chi connectivity index (χ1) is 15.9. The van der Waals surface area contributed by atoms with E-state index in [1.165, 1.54) is 33.4 Å². The van der Waals surface area contributed by atoms with Crippen molar-refractivity contribution in [3.05, 3.63) is 50.4 Å². The number of methoxy groups -OCH3 is 1. The maximum absolute atomic E-state index is 12.8. The summed E-state index contributed by atoms with van der Waals surface area (Å²) in [6, 6.07) is 3.60. The normalized spacial score (nSPS) is 12.6. The van der Waals surface area contributed by atoms with Crippen molar-refractivity contribution in [1.29, 1.82) is 0 Å². The molecule has 0 atom stereocenters. The van der Waals surface area contributed by atoms with E-state index in [1.54, 1.807) is 20.9 Å². The molecular weight excluding hydrogens is 481 g/mol. The second-order valence-corrected chi connectivity index (χ2v) is 8.54. The van der Waals surface area contributed by atoms with Crippen LogP contribution < -0.4 is 20.2 Å². The zero-order valence-electron chi connectivity index (χ0n) is 18.6. The van der Waals surface area contributed by atoms with Crippen LogP contribution >= 0.6 is 0 Å². The topological polar surface area (TPSA) is 114 Å². The Morgan fingerprint density at radius 1 is 1.06 bits per heavy atom. The van der Waals surface area contributed by atoms with Gasteiger partial charge in [0.05, 0.1) is 7.11 Å². The molecule has 0 amide bonds. The van der Waals surface area contributed by atoms with Gasteiger partial charge in [0, 0.05) is 20.1 Å². The van der Waals surface area contributed by atoms with Gasteiger partial charge in [-0.05, 0) is 37.6 Å². The van der Waals surface area contributed by atoms with Crippen molar-refractivity contribution in [2.24, 2.45) is 7.05 Å². The zero-order chi connectivity index (χ0) is 25.4. The summed E-state index contributed by atoms with van der Waals surface area (Å²) in [5.41, 5.74) is -5.66. The summed E-state index contributed by atoms with van der Waals surface area (Å²) in [6.07, 6.45) is 3.06. The number of hydrogen-bond donors (Lipinski definition) is 0. The predicted molar refractivity (Wildman–Crippen MR) is 118 cm³/mol. The molecule has 3 rings (SSSR count). The molecule has 2 aromatic heterocycles. The molecule has 0 radical (unpaired) electrons. The van der Waals surface area contributed by atoms with Gasteiger partial charge >= 0.3 is 21.3 Å². The first-order valence-electron chi connectivity index (χ1n) is 9.93. The number of benzene rings is 1. The average molecular weight is 502 g/mol. The molecule has 0 fully saturated rings. The number of hydrogen-bond acceptors (Lipinski definition) is 7. The van der Waals surface area contributed by atoms with E-state index in [2.05, 4.69) is 9.17 Å². The molecule has 184 valence electrons. The van der Waals surface area contributed by atoms with Gasteiger partial charge in [0.25, 0.3) is 5.56 Å². The van der Waals surface area contributed by atoms with E-state index in [4.69, 9.17) is 4.74 Å². The van der Waals surface area contributed by atoms with E-state index in [0.717, 1.165) is 17.7 Å². The quantitative estimate of drug-likeness (QED) is 0.360. The highest BCUT2D eigenvalue weighted by molar-refractivity contribution is 7.88. The van der Waals surface area contributed by atoms with Crippen LogP contribution in [0.1, 0.15) is 25.2 Å². The third-order valence-corrected chi connectivity index (χ3v) is 5.97. The van der Waals surface area contributed by atoms with E-state index in [-0.39, 0.29) is 23.5 Å². The Morgan fingerprint density at radius 2 is 1.71 bits per heavy atom. The maximum atomic E-state index is 12.8. The fourth-order valence-electron chi connectivity index (χ4n) is 3.29. The fraction of sp³-hybridized carbons (Fsp3) is 0.350. The van der Waals surface area contributed by atoms with Gasteiger partial charge in [-0.15, -0.1) is 0 Å². The minimum atomic E-state index is -5.86. The van der Waals surface area contributed by atoms with Crippen LogP contribution in [0.2, 0.25) is 0 Å². The maximum Gasteiger partial charge on any atom is 0.534 e. The lowest BCUT2D eigenvalue weighted by molar-refractivity contribution is -0.0500. The fourth-order valence-corrected chi connectivity index (χ4v) is 3.75. The van der Waals surface area contributed by atoms with Crippen molar-refractivity contribution in [2.75, 3.05) is 7.11 Å². The Bertz CT molecular complexity index is 1500. The number of imidazole rings is 1. The predicted octanol–water partition coefficient (Wildman–Crippen LogP) is 2.34. The van der Waals surface area contributed by atoms with Crippen LogP contribution in [-0.2, 0) is 30.3 Å². The number of halogens is 3. The molecule has 3 aromatic rings. The summed E-state index contributed by atoms with van der Waals surface area (Å²) in [6.45, 7) is 3.94. The molecule has 0 aliphatic carbocycles. The van der Waals surface area contributed by atoms with E-state index in [0.29, 0.717) is 17.9 Å². The molecule has 0 bridgehead atoms. The van der Waals surface area contributed by atoms with Gasteiger partial charge in [0.2, 0.25) is 0 Å². The minimum Gasteiger partial charge on any atom is -0.493 e. The second-order valence-electron chi connectivity index (χ2n) is 7.00. The smallest absolute Gasteiger partial charge is 0.493 e. The third kappa shape index (κ3) is 4.32. The summed E-state index contributed by atoms with van der Waals surface area (Å²) in [4.78, 5) is 29.7. The second kappa shape index (κ2) is 9.00. The van der Waals surface area contributed by atoms with Gasteiger partial charge in [-0.25, -0.2) is 9.78 Å². The Balaban J connectivity index is 2.04. The Morgan fingerprint density at radius 3 is 2.26 bits per heavy atom. The number of nitrogens with zero attached hydrogens (tertiary/aromatic N) is 4. The van der Waals surface area contributed by atoms with Crippen molar-refractivity contribution < 1.29 is 30.5 Å². The first kappa shape index (κ1) is 25.1. The molecule has 2 heterocycles. The molecule has 0 aliphatic heterocycles. The first-order valence-corrected chi connectivity index (χ1v) is 11.3. The minimum absolute atomic E-state index is 0.197. The number of aryl methyl sites for hydroxylation is 2. The van der Waals surface area contributed by atoms with E-state index >= 15 is 0 Å². The van der Waals surface area contributed by atoms with Crippen molar-refractivity contribution in [1.82, 2.24) is 18.7 Å². The lowest BCUT2D eigenvalue weighted by Gasteiger charge is -2.12. The Kier molecular flexibility index (Phi) is 6.64. The van der Waals surface area contributed by atoms with Crippen LogP contribution in [0.25, 0.3) is 23.3 Å². The SMILES string of the molecule is CCn1c(=O)c2c(nc(C=Cc3ccc(OS(=O)(=O)C(F)(F)F)c(OC)c3)n2C)n(CC)c1=O.